The Kier molecular flexibility index (Phi) is 7.86. The van der Waals surface area contributed by atoms with E-state index in [1.165, 1.54) is 26.5 Å². The van der Waals surface area contributed by atoms with Crippen molar-refractivity contribution in [3.8, 4) is 17.2 Å². The Morgan fingerprint density at radius 2 is 1.75 bits per heavy atom. The normalized spacial score (nSPS) is 10.6. The highest BCUT2D eigenvalue weighted by atomic mass is 79.9. The van der Waals surface area contributed by atoms with Crippen LogP contribution in [0.4, 0.5) is 0 Å². The standard InChI is InChI=1S/C23H18BrClN2O5/c1-30-18-8-6-15(7-9-18)23(29)32-21-19(25)10-14(11-20(21)31-2)13-26-27-22(28)16-4-3-5-17(24)12-16/h3-13H,1-2H3,(H,27,28)/b26-13-. The zero-order valence-corrected chi connectivity index (χ0v) is 19.4. The molecule has 0 saturated heterocycles. The van der Waals surface area contributed by atoms with Crippen LogP contribution in [-0.4, -0.2) is 32.3 Å². The van der Waals surface area contributed by atoms with Crippen LogP contribution < -0.4 is 19.6 Å². The van der Waals surface area contributed by atoms with Crippen LogP contribution in [0, 0.1) is 0 Å². The van der Waals surface area contributed by atoms with Crippen molar-refractivity contribution in [3.63, 3.8) is 0 Å². The van der Waals surface area contributed by atoms with E-state index in [0.717, 1.165) is 4.47 Å². The number of nitrogens with zero attached hydrogens (tertiary/aromatic N) is 1. The van der Waals surface area contributed by atoms with Gasteiger partial charge in [0.15, 0.2) is 11.5 Å². The molecule has 0 fully saturated rings. The number of carbonyl (C=O) groups is 2. The van der Waals surface area contributed by atoms with Gasteiger partial charge in [0.25, 0.3) is 5.91 Å². The molecule has 0 unspecified atom stereocenters. The molecule has 32 heavy (non-hydrogen) atoms. The molecular formula is C23H18BrClN2O5. The predicted octanol–water partition coefficient (Wildman–Crippen LogP) is 5.10. The number of carbonyl (C=O) groups excluding carboxylic acids is 2. The van der Waals surface area contributed by atoms with Gasteiger partial charge in [-0.2, -0.15) is 5.10 Å². The fourth-order valence-corrected chi connectivity index (χ4v) is 3.31. The molecule has 0 atom stereocenters. The third-order valence-corrected chi connectivity index (χ3v) is 5.01. The Morgan fingerprint density at radius 1 is 1.00 bits per heavy atom. The molecule has 1 amide bonds. The summed E-state index contributed by atoms with van der Waals surface area (Å²) < 4.78 is 16.6. The molecule has 0 heterocycles. The second-order valence-corrected chi connectivity index (χ2v) is 7.68. The van der Waals surface area contributed by atoms with Crippen LogP contribution in [0.15, 0.2) is 70.2 Å². The maximum Gasteiger partial charge on any atom is 0.343 e. The summed E-state index contributed by atoms with van der Waals surface area (Å²) in [5, 5.41) is 4.09. The Hall–Kier alpha value is -3.36. The highest BCUT2D eigenvalue weighted by Crippen LogP contribution is 2.36. The smallest absolute Gasteiger partial charge is 0.343 e. The maximum absolute atomic E-state index is 12.5. The Balaban J connectivity index is 1.73. The summed E-state index contributed by atoms with van der Waals surface area (Å²) in [4.78, 5) is 24.6. The number of benzene rings is 3. The van der Waals surface area contributed by atoms with Crippen molar-refractivity contribution in [2.75, 3.05) is 14.2 Å². The number of amides is 1. The number of ether oxygens (including phenoxy) is 3. The first-order chi connectivity index (χ1) is 15.4. The molecule has 3 rings (SSSR count). The van der Waals surface area contributed by atoms with Gasteiger partial charge in [0.2, 0.25) is 0 Å². The first kappa shape index (κ1) is 23.3. The number of methoxy groups -OCH3 is 2. The number of esters is 1. The van der Waals surface area contributed by atoms with E-state index in [-0.39, 0.29) is 22.4 Å². The van der Waals surface area contributed by atoms with Gasteiger partial charge in [-0.1, -0.05) is 33.6 Å². The van der Waals surface area contributed by atoms with Crippen molar-refractivity contribution in [2.45, 2.75) is 0 Å². The lowest BCUT2D eigenvalue weighted by molar-refractivity contribution is 0.0729. The number of hydrogen-bond acceptors (Lipinski definition) is 6. The lowest BCUT2D eigenvalue weighted by Crippen LogP contribution is -2.17. The van der Waals surface area contributed by atoms with Gasteiger partial charge >= 0.3 is 5.97 Å². The number of halogens is 2. The average Bonchev–Trinajstić information content (AvgIpc) is 2.80. The van der Waals surface area contributed by atoms with E-state index in [1.807, 2.05) is 6.07 Å². The van der Waals surface area contributed by atoms with Crippen LogP contribution in [0.5, 0.6) is 17.2 Å². The summed E-state index contributed by atoms with van der Waals surface area (Å²) in [6, 6.07) is 16.5. The third-order valence-electron chi connectivity index (χ3n) is 4.24. The van der Waals surface area contributed by atoms with Crippen LogP contribution in [0.25, 0.3) is 0 Å². The first-order valence-corrected chi connectivity index (χ1v) is 10.4. The molecule has 0 saturated carbocycles. The lowest BCUT2D eigenvalue weighted by Gasteiger charge is -2.12. The highest BCUT2D eigenvalue weighted by molar-refractivity contribution is 9.10. The average molecular weight is 518 g/mol. The molecular weight excluding hydrogens is 500 g/mol. The Labute approximate surface area is 198 Å². The fraction of sp³-hybridized carbons (Fsp3) is 0.0870. The summed E-state index contributed by atoms with van der Waals surface area (Å²) in [5.74, 6) is -0.0431. The van der Waals surface area contributed by atoms with E-state index in [2.05, 4.69) is 26.5 Å². The largest absolute Gasteiger partial charge is 0.497 e. The van der Waals surface area contributed by atoms with Crippen molar-refractivity contribution in [1.82, 2.24) is 5.43 Å². The number of hydrogen-bond donors (Lipinski definition) is 1. The van der Waals surface area contributed by atoms with Gasteiger partial charge in [-0.05, 0) is 60.2 Å². The summed E-state index contributed by atoms with van der Waals surface area (Å²) in [6.07, 6.45) is 1.40. The van der Waals surface area contributed by atoms with Crippen molar-refractivity contribution in [1.29, 1.82) is 0 Å². The van der Waals surface area contributed by atoms with Crippen molar-refractivity contribution >= 4 is 45.6 Å². The second-order valence-electron chi connectivity index (χ2n) is 6.36. The van der Waals surface area contributed by atoms with E-state index in [9.17, 15) is 9.59 Å². The van der Waals surface area contributed by atoms with Crippen LogP contribution in [0.2, 0.25) is 5.02 Å². The molecule has 3 aromatic carbocycles. The quantitative estimate of drug-likeness (QED) is 0.204. The summed E-state index contributed by atoms with van der Waals surface area (Å²) >= 11 is 9.63. The van der Waals surface area contributed by atoms with Crippen LogP contribution in [-0.2, 0) is 0 Å². The van der Waals surface area contributed by atoms with Gasteiger partial charge in [-0.3, -0.25) is 4.79 Å². The SMILES string of the molecule is COc1ccc(C(=O)Oc2c(Cl)cc(/C=N\NC(=O)c3cccc(Br)c3)cc2OC)cc1. The second kappa shape index (κ2) is 10.8. The Bertz CT molecular complexity index is 1170. The summed E-state index contributed by atoms with van der Waals surface area (Å²) in [5.41, 5.74) is 3.75. The number of nitrogens with one attached hydrogen (secondary N) is 1. The lowest BCUT2D eigenvalue weighted by atomic mass is 10.2. The van der Waals surface area contributed by atoms with E-state index in [4.69, 9.17) is 25.8 Å². The summed E-state index contributed by atoms with van der Waals surface area (Å²) in [7, 11) is 2.96. The van der Waals surface area contributed by atoms with Gasteiger partial charge in [0.05, 0.1) is 31.0 Å². The maximum atomic E-state index is 12.5. The molecule has 164 valence electrons. The van der Waals surface area contributed by atoms with Gasteiger partial charge in [0, 0.05) is 10.0 Å². The molecule has 3 aromatic rings. The van der Waals surface area contributed by atoms with E-state index in [0.29, 0.717) is 22.4 Å². The molecule has 0 aliphatic rings. The van der Waals surface area contributed by atoms with Crippen molar-refractivity contribution in [3.05, 3.63) is 86.8 Å². The topological polar surface area (TPSA) is 86.2 Å². The molecule has 9 heteroatoms. The predicted molar refractivity (Wildman–Crippen MR) is 125 cm³/mol. The highest BCUT2D eigenvalue weighted by Gasteiger charge is 2.17. The zero-order valence-electron chi connectivity index (χ0n) is 17.1. The van der Waals surface area contributed by atoms with Crippen LogP contribution in [0.1, 0.15) is 26.3 Å². The number of hydrazone groups is 1. The van der Waals surface area contributed by atoms with E-state index < -0.39 is 5.97 Å². The minimum Gasteiger partial charge on any atom is -0.497 e. The monoisotopic (exact) mass is 516 g/mol. The molecule has 0 bridgehead atoms. The van der Waals surface area contributed by atoms with E-state index in [1.54, 1.807) is 48.5 Å². The minimum atomic E-state index is -0.601. The number of rotatable bonds is 7. The van der Waals surface area contributed by atoms with E-state index >= 15 is 0 Å². The molecule has 7 nitrogen and oxygen atoms in total. The molecule has 0 aliphatic heterocycles. The third kappa shape index (κ3) is 5.87. The van der Waals surface area contributed by atoms with Crippen LogP contribution in [0.3, 0.4) is 0 Å². The van der Waals surface area contributed by atoms with Crippen molar-refractivity contribution in [2.24, 2.45) is 5.10 Å². The van der Waals surface area contributed by atoms with Gasteiger partial charge in [0.1, 0.15) is 5.75 Å². The molecule has 0 radical (unpaired) electrons. The molecule has 1 N–H and O–H groups in total. The Morgan fingerprint density at radius 3 is 2.41 bits per heavy atom. The van der Waals surface area contributed by atoms with Crippen LogP contribution >= 0.6 is 27.5 Å². The first-order valence-electron chi connectivity index (χ1n) is 9.24. The molecule has 0 aromatic heterocycles. The van der Waals surface area contributed by atoms with Gasteiger partial charge < -0.3 is 14.2 Å². The molecule has 0 spiro atoms. The molecule has 0 aliphatic carbocycles. The summed E-state index contributed by atoms with van der Waals surface area (Å²) in [6.45, 7) is 0. The van der Waals surface area contributed by atoms with Gasteiger partial charge in [-0.25, -0.2) is 10.2 Å². The van der Waals surface area contributed by atoms with Crippen molar-refractivity contribution < 1.29 is 23.8 Å². The minimum absolute atomic E-state index is 0.0744. The zero-order chi connectivity index (χ0) is 23.1. The fourth-order valence-electron chi connectivity index (χ4n) is 2.65. The van der Waals surface area contributed by atoms with Gasteiger partial charge in [-0.15, -0.1) is 0 Å².